The van der Waals surface area contributed by atoms with Crippen molar-refractivity contribution >= 4 is 34.5 Å². The highest BCUT2D eigenvalue weighted by Gasteiger charge is 2.24. The summed E-state index contributed by atoms with van der Waals surface area (Å²) in [5.74, 6) is 1.34. The number of hydrogen-bond donors (Lipinski definition) is 2. The maximum atomic E-state index is 6.11. The molecule has 6 nitrogen and oxygen atoms in total. The summed E-state index contributed by atoms with van der Waals surface area (Å²) in [5.41, 5.74) is 8.14. The molecule has 44 heavy (non-hydrogen) atoms. The minimum Gasteiger partial charge on any atom is -0.475 e. The normalized spacial score (nSPS) is 17.3. The van der Waals surface area contributed by atoms with E-state index in [2.05, 4.69) is 95.6 Å². The van der Waals surface area contributed by atoms with Gasteiger partial charge in [0.25, 0.3) is 0 Å². The zero-order chi connectivity index (χ0) is 29.6. The van der Waals surface area contributed by atoms with E-state index in [0.29, 0.717) is 25.0 Å². The molecular formula is C38H34N4O2. The standard InChI is InChI=1S/C38H34N4O2/c1-3-13-27(14-4-1)23-29-25-43-37(39-29)31-17-7-9-19-33(31)41-35-21-11-12-22-36(35)42-34-20-10-8-18-32(34)38-40-30(26-44-38)24-28-15-5-2-6-16-28/h1-22,29-30,41-42H,23-26H2/t29-,30-/m0/s1. The lowest BCUT2D eigenvalue weighted by molar-refractivity contribution is 0.317. The first-order valence-electron chi connectivity index (χ1n) is 15.1. The van der Waals surface area contributed by atoms with Crippen molar-refractivity contribution in [3.05, 3.63) is 156 Å². The lowest BCUT2D eigenvalue weighted by atomic mass is 10.1. The van der Waals surface area contributed by atoms with Gasteiger partial charge in [0.05, 0.1) is 46.0 Å². The highest BCUT2D eigenvalue weighted by Crippen LogP contribution is 2.32. The van der Waals surface area contributed by atoms with E-state index in [1.165, 1.54) is 11.1 Å². The number of nitrogens with one attached hydrogen (secondary N) is 2. The summed E-state index contributed by atoms with van der Waals surface area (Å²) in [4.78, 5) is 9.89. The summed E-state index contributed by atoms with van der Waals surface area (Å²) in [6, 6.07) is 45.6. The molecule has 2 N–H and O–H groups in total. The van der Waals surface area contributed by atoms with E-state index in [0.717, 1.165) is 46.7 Å². The molecule has 5 aromatic carbocycles. The Morgan fingerprint density at radius 1 is 0.455 bits per heavy atom. The Balaban J connectivity index is 1.10. The molecule has 5 aromatic rings. The number of aliphatic imine (C=N–C) groups is 2. The maximum absolute atomic E-state index is 6.11. The van der Waals surface area contributed by atoms with Crippen LogP contribution < -0.4 is 10.6 Å². The van der Waals surface area contributed by atoms with Crippen molar-refractivity contribution in [3.63, 3.8) is 0 Å². The zero-order valence-corrected chi connectivity index (χ0v) is 24.4. The van der Waals surface area contributed by atoms with Crippen LogP contribution in [0.15, 0.2) is 143 Å². The Labute approximate surface area is 258 Å². The molecule has 7 rings (SSSR count). The number of hydrogen-bond acceptors (Lipinski definition) is 6. The van der Waals surface area contributed by atoms with E-state index in [-0.39, 0.29) is 12.1 Å². The van der Waals surface area contributed by atoms with Crippen LogP contribution in [0.2, 0.25) is 0 Å². The molecule has 0 saturated heterocycles. The van der Waals surface area contributed by atoms with Crippen LogP contribution in [0.5, 0.6) is 0 Å². The average Bonchev–Trinajstić information content (AvgIpc) is 3.73. The lowest BCUT2D eigenvalue weighted by Crippen LogP contribution is -2.10. The van der Waals surface area contributed by atoms with Gasteiger partial charge in [-0.05, 0) is 60.4 Å². The first-order chi connectivity index (χ1) is 21.8. The van der Waals surface area contributed by atoms with Gasteiger partial charge in [-0.15, -0.1) is 0 Å². The quantitative estimate of drug-likeness (QED) is 0.177. The second kappa shape index (κ2) is 12.9. The summed E-state index contributed by atoms with van der Waals surface area (Å²) in [7, 11) is 0. The third-order valence-electron chi connectivity index (χ3n) is 7.83. The van der Waals surface area contributed by atoms with Crippen molar-refractivity contribution in [2.45, 2.75) is 24.9 Å². The fourth-order valence-corrected chi connectivity index (χ4v) is 5.66. The van der Waals surface area contributed by atoms with Gasteiger partial charge in [0.15, 0.2) is 0 Å². The molecule has 0 saturated carbocycles. The molecule has 0 aromatic heterocycles. The second-order valence-corrected chi connectivity index (χ2v) is 11.1. The first-order valence-corrected chi connectivity index (χ1v) is 15.1. The molecule has 0 fully saturated rings. The van der Waals surface area contributed by atoms with Crippen molar-refractivity contribution in [2.24, 2.45) is 9.98 Å². The molecule has 2 heterocycles. The SMILES string of the molecule is c1ccc(C[C@H]2COC(c3ccccc3Nc3ccccc3Nc3ccccc3C3=N[C@@H](Cc4ccccc4)CO3)=N2)cc1. The van der Waals surface area contributed by atoms with Gasteiger partial charge in [0, 0.05) is 0 Å². The summed E-state index contributed by atoms with van der Waals surface area (Å²) < 4.78 is 12.2. The highest BCUT2D eigenvalue weighted by molar-refractivity contribution is 6.03. The van der Waals surface area contributed by atoms with Crippen LogP contribution >= 0.6 is 0 Å². The average molecular weight is 579 g/mol. The minimum absolute atomic E-state index is 0.0962. The Morgan fingerprint density at radius 3 is 1.25 bits per heavy atom. The van der Waals surface area contributed by atoms with Crippen molar-refractivity contribution in [1.82, 2.24) is 0 Å². The molecule has 0 bridgehead atoms. The number of rotatable bonds is 10. The van der Waals surface area contributed by atoms with Crippen LogP contribution in [0.4, 0.5) is 22.7 Å². The molecule has 0 aliphatic carbocycles. The van der Waals surface area contributed by atoms with Crippen LogP contribution in [-0.4, -0.2) is 37.1 Å². The van der Waals surface area contributed by atoms with E-state index in [1.54, 1.807) is 0 Å². The molecule has 2 aliphatic heterocycles. The first kappa shape index (κ1) is 27.5. The largest absolute Gasteiger partial charge is 0.475 e. The van der Waals surface area contributed by atoms with Gasteiger partial charge in [-0.25, -0.2) is 9.98 Å². The van der Waals surface area contributed by atoms with Gasteiger partial charge >= 0.3 is 0 Å². The molecule has 2 atom stereocenters. The van der Waals surface area contributed by atoms with Crippen LogP contribution in [0.3, 0.4) is 0 Å². The smallest absolute Gasteiger partial charge is 0.218 e. The van der Waals surface area contributed by atoms with Gasteiger partial charge in [-0.1, -0.05) is 97.1 Å². The summed E-state index contributed by atoms with van der Waals surface area (Å²) in [5, 5.41) is 7.28. The molecule has 0 amide bonds. The molecule has 0 spiro atoms. The van der Waals surface area contributed by atoms with Crippen LogP contribution in [0, 0.1) is 0 Å². The van der Waals surface area contributed by atoms with Crippen LogP contribution in [0.25, 0.3) is 0 Å². The molecule has 2 aliphatic rings. The number of nitrogens with zero attached hydrogens (tertiary/aromatic N) is 2. The molecule has 0 unspecified atom stereocenters. The van der Waals surface area contributed by atoms with Crippen molar-refractivity contribution in [3.8, 4) is 0 Å². The van der Waals surface area contributed by atoms with Gasteiger partial charge in [-0.2, -0.15) is 0 Å². The summed E-state index contributed by atoms with van der Waals surface area (Å²) in [6.07, 6.45) is 1.71. The van der Waals surface area contributed by atoms with Gasteiger partial charge in [0.1, 0.15) is 13.2 Å². The van der Waals surface area contributed by atoms with Gasteiger partial charge < -0.3 is 20.1 Å². The molecule has 0 radical (unpaired) electrons. The van der Waals surface area contributed by atoms with E-state index in [4.69, 9.17) is 19.5 Å². The lowest BCUT2D eigenvalue weighted by Gasteiger charge is -2.17. The Hall–Kier alpha value is -5.36. The summed E-state index contributed by atoms with van der Waals surface area (Å²) in [6.45, 7) is 1.15. The van der Waals surface area contributed by atoms with Crippen molar-refractivity contribution in [2.75, 3.05) is 23.8 Å². The molecule has 218 valence electrons. The fraction of sp³-hybridized carbons (Fsp3) is 0.158. The second-order valence-electron chi connectivity index (χ2n) is 11.1. The van der Waals surface area contributed by atoms with E-state index in [9.17, 15) is 0 Å². The van der Waals surface area contributed by atoms with E-state index >= 15 is 0 Å². The number of para-hydroxylation sites is 4. The summed E-state index contributed by atoms with van der Waals surface area (Å²) >= 11 is 0. The Kier molecular flexibility index (Phi) is 8.04. The number of benzene rings is 5. The van der Waals surface area contributed by atoms with Gasteiger partial charge in [-0.3, -0.25) is 0 Å². The minimum atomic E-state index is 0.0962. The highest BCUT2D eigenvalue weighted by atomic mass is 16.5. The molecule has 6 heteroatoms. The van der Waals surface area contributed by atoms with Crippen molar-refractivity contribution < 1.29 is 9.47 Å². The predicted molar refractivity (Wildman–Crippen MR) is 179 cm³/mol. The van der Waals surface area contributed by atoms with Crippen molar-refractivity contribution in [1.29, 1.82) is 0 Å². The topological polar surface area (TPSA) is 67.2 Å². The maximum Gasteiger partial charge on any atom is 0.218 e. The fourth-order valence-electron chi connectivity index (χ4n) is 5.66. The number of anilines is 4. The van der Waals surface area contributed by atoms with E-state index < -0.39 is 0 Å². The predicted octanol–water partition coefficient (Wildman–Crippen LogP) is 7.95. The Bertz CT molecular complexity index is 1650. The number of ether oxygens (including phenoxy) is 2. The van der Waals surface area contributed by atoms with E-state index in [1.807, 2.05) is 48.5 Å². The zero-order valence-electron chi connectivity index (χ0n) is 24.4. The Morgan fingerprint density at radius 2 is 0.818 bits per heavy atom. The third-order valence-corrected chi connectivity index (χ3v) is 7.83. The molecular weight excluding hydrogens is 544 g/mol. The van der Waals surface area contributed by atoms with Crippen LogP contribution in [-0.2, 0) is 22.3 Å². The van der Waals surface area contributed by atoms with Gasteiger partial charge in [0.2, 0.25) is 11.8 Å². The van der Waals surface area contributed by atoms with Crippen LogP contribution in [0.1, 0.15) is 22.3 Å². The third kappa shape index (κ3) is 6.35. The monoisotopic (exact) mass is 578 g/mol.